The zero-order chi connectivity index (χ0) is 17.2. The van der Waals surface area contributed by atoms with E-state index in [0.717, 1.165) is 29.1 Å². The van der Waals surface area contributed by atoms with Gasteiger partial charge in [0.1, 0.15) is 0 Å². The van der Waals surface area contributed by atoms with Crippen LogP contribution < -0.4 is 5.32 Å². The lowest BCUT2D eigenvalue weighted by molar-refractivity contribution is -0.137. The maximum atomic E-state index is 12.5. The van der Waals surface area contributed by atoms with Crippen molar-refractivity contribution in [1.29, 1.82) is 0 Å². The molecule has 24 heavy (non-hydrogen) atoms. The van der Waals surface area contributed by atoms with Crippen molar-refractivity contribution in [3.63, 3.8) is 0 Å². The van der Waals surface area contributed by atoms with Gasteiger partial charge in [-0.05, 0) is 35.7 Å². The third-order valence-electron chi connectivity index (χ3n) is 3.07. The molecule has 0 spiro atoms. The summed E-state index contributed by atoms with van der Waals surface area (Å²) in [5.41, 5.74) is -0.697. The second-order valence-electron chi connectivity index (χ2n) is 4.74. The zero-order valence-corrected chi connectivity index (χ0v) is 12.8. The quantitative estimate of drug-likeness (QED) is 0.776. The van der Waals surface area contributed by atoms with Gasteiger partial charge in [0.2, 0.25) is 5.89 Å². The molecule has 2 aromatic heterocycles. The molecule has 1 N–H and O–H groups in total. The van der Waals surface area contributed by atoms with Gasteiger partial charge in [0.15, 0.2) is 0 Å². The van der Waals surface area contributed by atoms with Crippen LogP contribution in [0, 0.1) is 0 Å². The van der Waals surface area contributed by atoms with E-state index in [1.165, 1.54) is 11.3 Å². The summed E-state index contributed by atoms with van der Waals surface area (Å²) >= 11 is 1.44. The molecule has 9 heteroatoms. The van der Waals surface area contributed by atoms with Gasteiger partial charge >= 0.3 is 6.18 Å². The lowest BCUT2D eigenvalue weighted by atomic mass is 10.1. The summed E-state index contributed by atoms with van der Waals surface area (Å²) in [6, 6.07) is 7.61. The van der Waals surface area contributed by atoms with E-state index in [2.05, 4.69) is 15.5 Å². The molecule has 0 unspecified atom stereocenters. The van der Waals surface area contributed by atoms with E-state index in [9.17, 15) is 18.0 Å². The standard InChI is InChI=1S/C15H10F3N3O2S/c16-15(17,18)10-5-3-9(4-6-10)13(22)19-8-12-20-21-14(23-12)11-2-1-7-24-11/h1-7H,8H2,(H,19,22). The van der Waals surface area contributed by atoms with Gasteiger partial charge in [0, 0.05) is 5.56 Å². The summed E-state index contributed by atoms with van der Waals surface area (Å²) in [4.78, 5) is 12.7. The molecule has 0 aliphatic rings. The van der Waals surface area contributed by atoms with E-state index in [1.807, 2.05) is 17.5 Å². The first kappa shape index (κ1) is 16.2. The van der Waals surface area contributed by atoms with E-state index in [0.29, 0.717) is 5.89 Å². The minimum atomic E-state index is -4.43. The van der Waals surface area contributed by atoms with Crippen LogP contribution in [0.4, 0.5) is 13.2 Å². The number of thiophene rings is 1. The fraction of sp³-hybridized carbons (Fsp3) is 0.133. The van der Waals surface area contributed by atoms with Crippen molar-refractivity contribution in [3.05, 3.63) is 58.8 Å². The van der Waals surface area contributed by atoms with Gasteiger partial charge in [-0.25, -0.2) is 0 Å². The maximum Gasteiger partial charge on any atom is 0.416 e. The Morgan fingerprint density at radius 3 is 2.54 bits per heavy atom. The van der Waals surface area contributed by atoms with Crippen LogP contribution in [0.5, 0.6) is 0 Å². The average molecular weight is 353 g/mol. The second kappa shape index (κ2) is 6.44. The topological polar surface area (TPSA) is 68.0 Å². The Kier molecular flexibility index (Phi) is 4.34. The second-order valence-corrected chi connectivity index (χ2v) is 5.68. The predicted molar refractivity (Wildman–Crippen MR) is 80.2 cm³/mol. The van der Waals surface area contributed by atoms with Crippen molar-refractivity contribution in [2.24, 2.45) is 0 Å². The van der Waals surface area contributed by atoms with Crippen LogP contribution in [0.1, 0.15) is 21.8 Å². The van der Waals surface area contributed by atoms with E-state index < -0.39 is 17.6 Å². The molecular weight excluding hydrogens is 343 g/mol. The van der Waals surface area contributed by atoms with Crippen LogP contribution in [0.15, 0.2) is 46.2 Å². The first-order valence-corrected chi connectivity index (χ1v) is 7.63. The van der Waals surface area contributed by atoms with Crippen LogP contribution in [0.3, 0.4) is 0 Å². The smallest absolute Gasteiger partial charge is 0.416 e. The monoisotopic (exact) mass is 353 g/mol. The Labute approximate surface area is 138 Å². The Bertz CT molecular complexity index is 827. The van der Waals surface area contributed by atoms with Gasteiger partial charge in [-0.1, -0.05) is 6.07 Å². The predicted octanol–water partition coefficient (Wildman–Crippen LogP) is 3.75. The molecule has 0 saturated heterocycles. The molecule has 2 heterocycles. The van der Waals surface area contributed by atoms with Gasteiger partial charge in [-0.2, -0.15) is 13.2 Å². The summed E-state index contributed by atoms with van der Waals surface area (Å²) < 4.78 is 42.8. The largest absolute Gasteiger partial charge is 0.418 e. The van der Waals surface area contributed by atoms with Crippen LogP contribution in [-0.4, -0.2) is 16.1 Å². The van der Waals surface area contributed by atoms with Gasteiger partial charge in [-0.15, -0.1) is 21.5 Å². The molecule has 0 bridgehead atoms. The Balaban J connectivity index is 1.61. The van der Waals surface area contributed by atoms with Gasteiger partial charge in [0.25, 0.3) is 11.8 Å². The molecular formula is C15H10F3N3O2S. The fourth-order valence-corrected chi connectivity index (χ4v) is 2.54. The lowest BCUT2D eigenvalue weighted by Gasteiger charge is -2.07. The molecule has 0 aliphatic carbocycles. The number of carbonyl (C=O) groups excluding carboxylic acids is 1. The van der Waals surface area contributed by atoms with Gasteiger partial charge < -0.3 is 9.73 Å². The molecule has 0 atom stereocenters. The number of hydrogen-bond donors (Lipinski definition) is 1. The number of hydrogen-bond acceptors (Lipinski definition) is 5. The number of amides is 1. The minimum absolute atomic E-state index is 0.0156. The Hall–Kier alpha value is -2.68. The third kappa shape index (κ3) is 3.62. The van der Waals surface area contributed by atoms with E-state index >= 15 is 0 Å². The van der Waals surface area contributed by atoms with Crippen molar-refractivity contribution >= 4 is 17.2 Å². The molecule has 5 nitrogen and oxygen atoms in total. The summed E-state index contributed by atoms with van der Waals surface area (Å²) in [5, 5.41) is 12.1. The molecule has 0 saturated carbocycles. The molecule has 0 radical (unpaired) electrons. The molecule has 3 aromatic rings. The number of nitrogens with one attached hydrogen (secondary N) is 1. The summed E-state index contributed by atoms with van der Waals surface area (Å²) in [6.07, 6.45) is -4.43. The first-order valence-electron chi connectivity index (χ1n) is 6.75. The normalized spacial score (nSPS) is 11.5. The summed E-state index contributed by atoms with van der Waals surface area (Å²) in [7, 11) is 0. The third-order valence-corrected chi connectivity index (χ3v) is 3.93. The van der Waals surface area contributed by atoms with E-state index in [4.69, 9.17) is 4.42 Å². The summed E-state index contributed by atoms with van der Waals surface area (Å²) in [6.45, 7) is -0.0156. The van der Waals surface area contributed by atoms with Crippen molar-refractivity contribution in [2.45, 2.75) is 12.7 Å². The number of alkyl halides is 3. The summed E-state index contributed by atoms with van der Waals surface area (Å²) in [5.74, 6) is 0.0297. The highest BCUT2D eigenvalue weighted by Crippen LogP contribution is 2.29. The molecule has 1 aromatic carbocycles. The maximum absolute atomic E-state index is 12.5. The van der Waals surface area contributed by atoms with E-state index in [-0.39, 0.29) is 18.0 Å². The van der Waals surface area contributed by atoms with Crippen LogP contribution in [0.25, 0.3) is 10.8 Å². The number of nitrogens with zero attached hydrogens (tertiary/aromatic N) is 2. The van der Waals surface area contributed by atoms with Crippen LogP contribution >= 0.6 is 11.3 Å². The average Bonchev–Trinajstić information content (AvgIpc) is 3.23. The lowest BCUT2D eigenvalue weighted by Crippen LogP contribution is -2.23. The van der Waals surface area contributed by atoms with Crippen molar-refractivity contribution < 1.29 is 22.4 Å². The van der Waals surface area contributed by atoms with Crippen LogP contribution in [-0.2, 0) is 12.7 Å². The molecule has 0 fully saturated rings. The highest BCUT2D eigenvalue weighted by molar-refractivity contribution is 7.13. The number of halogens is 3. The molecule has 0 aliphatic heterocycles. The number of benzene rings is 1. The molecule has 3 rings (SSSR count). The number of rotatable bonds is 4. The Morgan fingerprint density at radius 1 is 1.17 bits per heavy atom. The highest BCUT2D eigenvalue weighted by Gasteiger charge is 2.30. The number of carbonyl (C=O) groups is 1. The zero-order valence-electron chi connectivity index (χ0n) is 12.0. The molecule has 124 valence electrons. The highest BCUT2D eigenvalue weighted by atomic mass is 32.1. The Morgan fingerprint density at radius 2 is 1.92 bits per heavy atom. The van der Waals surface area contributed by atoms with Gasteiger partial charge in [-0.3, -0.25) is 4.79 Å². The SMILES string of the molecule is O=C(NCc1nnc(-c2cccs2)o1)c1ccc(C(F)(F)F)cc1. The first-order chi connectivity index (χ1) is 11.4. The van der Waals surface area contributed by atoms with Crippen LogP contribution in [0.2, 0.25) is 0 Å². The van der Waals surface area contributed by atoms with E-state index in [1.54, 1.807) is 0 Å². The molecule has 1 amide bonds. The van der Waals surface area contributed by atoms with Gasteiger partial charge in [0.05, 0.1) is 17.0 Å². The fourth-order valence-electron chi connectivity index (χ4n) is 1.89. The van der Waals surface area contributed by atoms with Crippen molar-refractivity contribution in [3.8, 4) is 10.8 Å². The number of aromatic nitrogens is 2. The van der Waals surface area contributed by atoms with Crippen molar-refractivity contribution in [1.82, 2.24) is 15.5 Å². The van der Waals surface area contributed by atoms with Crippen molar-refractivity contribution in [2.75, 3.05) is 0 Å². The minimum Gasteiger partial charge on any atom is -0.418 e.